The van der Waals surface area contributed by atoms with Crippen molar-refractivity contribution in [2.45, 2.75) is 45.3 Å². The van der Waals surface area contributed by atoms with E-state index in [1.165, 1.54) is 25.7 Å². The van der Waals surface area contributed by atoms with Gasteiger partial charge in [0.05, 0.1) is 6.61 Å². The first-order valence-corrected chi connectivity index (χ1v) is 6.64. The number of fused-ring (bicyclic) bond motifs is 2. The Morgan fingerprint density at radius 3 is 2.82 bits per heavy atom. The predicted octanol–water partition coefficient (Wildman–Crippen LogP) is 3.05. The van der Waals surface area contributed by atoms with E-state index in [1.54, 1.807) is 0 Å². The highest BCUT2D eigenvalue weighted by molar-refractivity contribution is 5.40. The largest absolute Gasteiger partial charge is 0.489 e. The van der Waals surface area contributed by atoms with Crippen LogP contribution >= 0.6 is 0 Å². The number of aryl methyl sites for hydroxylation is 1. The molecule has 0 heterocycles. The summed E-state index contributed by atoms with van der Waals surface area (Å²) in [5, 5.41) is 9.37. The molecule has 92 valence electrons. The normalized spacial score (nSPS) is 30.8. The third kappa shape index (κ3) is 1.95. The quantitative estimate of drug-likeness (QED) is 0.868. The minimum absolute atomic E-state index is 0.0673. The number of benzene rings is 1. The Morgan fingerprint density at radius 2 is 2.18 bits per heavy atom. The van der Waals surface area contributed by atoms with Gasteiger partial charge in [-0.25, -0.2) is 0 Å². The maximum atomic E-state index is 9.37. The number of aliphatic hydroxyl groups excluding tert-OH is 1. The van der Waals surface area contributed by atoms with Gasteiger partial charge in [0, 0.05) is 5.56 Å². The molecule has 1 N–H and O–H groups in total. The molecule has 2 bridgehead atoms. The van der Waals surface area contributed by atoms with Gasteiger partial charge >= 0.3 is 0 Å². The Labute approximate surface area is 103 Å². The van der Waals surface area contributed by atoms with Gasteiger partial charge in [0.1, 0.15) is 11.9 Å². The molecule has 2 fully saturated rings. The van der Waals surface area contributed by atoms with E-state index in [0.717, 1.165) is 28.7 Å². The van der Waals surface area contributed by atoms with Crippen LogP contribution in [0.25, 0.3) is 0 Å². The lowest BCUT2D eigenvalue weighted by Gasteiger charge is -2.25. The first-order valence-electron chi connectivity index (χ1n) is 6.64. The number of hydrogen-bond donors (Lipinski definition) is 1. The summed E-state index contributed by atoms with van der Waals surface area (Å²) in [7, 11) is 0. The van der Waals surface area contributed by atoms with Crippen LogP contribution in [0.15, 0.2) is 18.2 Å². The molecule has 0 spiro atoms. The summed E-state index contributed by atoms with van der Waals surface area (Å²) < 4.78 is 6.20. The summed E-state index contributed by atoms with van der Waals surface area (Å²) in [5.74, 6) is 2.57. The smallest absolute Gasteiger partial charge is 0.128 e. The Kier molecular flexibility index (Phi) is 2.83. The summed E-state index contributed by atoms with van der Waals surface area (Å²) in [6, 6.07) is 5.99. The fraction of sp³-hybridized carbons (Fsp3) is 0.600. The number of rotatable bonds is 3. The average molecular weight is 232 g/mol. The lowest BCUT2D eigenvalue weighted by Crippen LogP contribution is -2.24. The first-order chi connectivity index (χ1) is 8.28. The zero-order valence-electron chi connectivity index (χ0n) is 10.4. The molecular weight excluding hydrogens is 212 g/mol. The van der Waals surface area contributed by atoms with E-state index in [2.05, 4.69) is 13.0 Å². The highest BCUT2D eigenvalue weighted by atomic mass is 16.5. The minimum atomic E-state index is 0.0673. The highest BCUT2D eigenvalue weighted by Crippen LogP contribution is 2.46. The van der Waals surface area contributed by atoms with Crippen molar-refractivity contribution in [2.24, 2.45) is 11.8 Å². The highest BCUT2D eigenvalue weighted by Gasteiger charge is 2.41. The van der Waals surface area contributed by atoms with Crippen LogP contribution in [0.4, 0.5) is 0 Å². The maximum Gasteiger partial charge on any atom is 0.128 e. The van der Waals surface area contributed by atoms with Crippen LogP contribution < -0.4 is 4.74 Å². The van der Waals surface area contributed by atoms with E-state index in [4.69, 9.17) is 4.74 Å². The molecule has 0 saturated heterocycles. The molecule has 1 aromatic rings. The van der Waals surface area contributed by atoms with Crippen molar-refractivity contribution in [3.63, 3.8) is 0 Å². The Bertz CT molecular complexity index is 413. The lowest BCUT2D eigenvalue weighted by molar-refractivity contribution is 0.133. The number of aliphatic hydroxyl groups is 1. The second-order valence-corrected chi connectivity index (χ2v) is 5.55. The van der Waals surface area contributed by atoms with Gasteiger partial charge in [-0.05, 0) is 50.0 Å². The molecule has 3 unspecified atom stereocenters. The van der Waals surface area contributed by atoms with Crippen molar-refractivity contribution in [2.75, 3.05) is 0 Å². The van der Waals surface area contributed by atoms with Crippen LogP contribution in [0.1, 0.15) is 36.8 Å². The topological polar surface area (TPSA) is 29.5 Å². The van der Waals surface area contributed by atoms with Crippen molar-refractivity contribution in [3.8, 4) is 5.75 Å². The number of ether oxygens (including phenoxy) is 1. The molecular formula is C15H20O2. The summed E-state index contributed by atoms with van der Waals surface area (Å²) >= 11 is 0. The van der Waals surface area contributed by atoms with Crippen LogP contribution in [-0.4, -0.2) is 11.2 Å². The molecule has 3 rings (SSSR count). The second-order valence-electron chi connectivity index (χ2n) is 5.55. The van der Waals surface area contributed by atoms with Gasteiger partial charge in [-0.3, -0.25) is 0 Å². The molecule has 2 heteroatoms. The molecule has 0 aromatic heterocycles. The zero-order chi connectivity index (χ0) is 11.8. The lowest BCUT2D eigenvalue weighted by atomic mass is 9.97. The van der Waals surface area contributed by atoms with Crippen molar-refractivity contribution in [1.82, 2.24) is 0 Å². The van der Waals surface area contributed by atoms with Gasteiger partial charge in [-0.2, -0.15) is 0 Å². The van der Waals surface area contributed by atoms with Crippen LogP contribution in [-0.2, 0) is 6.61 Å². The third-order valence-corrected chi connectivity index (χ3v) is 4.41. The summed E-state index contributed by atoms with van der Waals surface area (Å²) in [6.07, 6.45) is 5.68. The van der Waals surface area contributed by atoms with Crippen LogP contribution in [0.5, 0.6) is 5.75 Å². The SMILES string of the molecule is Cc1cccc(CO)c1OC1CC2CCC1C2. The van der Waals surface area contributed by atoms with Crippen molar-refractivity contribution < 1.29 is 9.84 Å². The molecule has 17 heavy (non-hydrogen) atoms. The summed E-state index contributed by atoms with van der Waals surface area (Å²) in [6.45, 7) is 2.12. The molecule has 0 aliphatic heterocycles. The molecule has 0 radical (unpaired) electrons. The molecule has 2 aliphatic rings. The van der Waals surface area contributed by atoms with E-state index in [9.17, 15) is 5.11 Å². The van der Waals surface area contributed by atoms with Crippen LogP contribution in [0.3, 0.4) is 0 Å². The van der Waals surface area contributed by atoms with Gasteiger partial charge < -0.3 is 9.84 Å². The molecule has 0 amide bonds. The Hall–Kier alpha value is -1.02. The second kappa shape index (κ2) is 4.34. The summed E-state index contributed by atoms with van der Waals surface area (Å²) in [4.78, 5) is 0. The zero-order valence-corrected chi connectivity index (χ0v) is 10.4. The molecule has 2 nitrogen and oxygen atoms in total. The maximum absolute atomic E-state index is 9.37. The van der Waals surface area contributed by atoms with Gasteiger partial charge in [0.15, 0.2) is 0 Å². The summed E-state index contributed by atoms with van der Waals surface area (Å²) in [5.41, 5.74) is 2.06. The minimum Gasteiger partial charge on any atom is -0.489 e. The van der Waals surface area contributed by atoms with E-state index in [1.807, 2.05) is 12.1 Å². The molecule has 2 saturated carbocycles. The molecule has 2 aliphatic carbocycles. The number of para-hydroxylation sites is 1. The monoisotopic (exact) mass is 232 g/mol. The van der Waals surface area contributed by atoms with Gasteiger partial charge in [0.2, 0.25) is 0 Å². The number of hydrogen-bond acceptors (Lipinski definition) is 2. The van der Waals surface area contributed by atoms with Crippen molar-refractivity contribution in [1.29, 1.82) is 0 Å². The van der Waals surface area contributed by atoms with Gasteiger partial charge in [-0.15, -0.1) is 0 Å². The van der Waals surface area contributed by atoms with Crippen LogP contribution in [0.2, 0.25) is 0 Å². The van der Waals surface area contributed by atoms with Crippen molar-refractivity contribution >= 4 is 0 Å². The van der Waals surface area contributed by atoms with Crippen molar-refractivity contribution in [3.05, 3.63) is 29.3 Å². The fourth-order valence-corrected chi connectivity index (χ4v) is 3.49. The molecule has 1 aromatic carbocycles. The third-order valence-electron chi connectivity index (χ3n) is 4.41. The first kappa shape index (κ1) is 11.1. The fourth-order valence-electron chi connectivity index (χ4n) is 3.49. The predicted molar refractivity (Wildman–Crippen MR) is 67.0 cm³/mol. The Balaban J connectivity index is 1.81. The van der Waals surface area contributed by atoms with Gasteiger partial charge in [-0.1, -0.05) is 18.2 Å². The van der Waals surface area contributed by atoms with Gasteiger partial charge in [0.25, 0.3) is 0 Å². The van der Waals surface area contributed by atoms with E-state index >= 15 is 0 Å². The van der Waals surface area contributed by atoms with E-state index in [0.29, 0.717) is 6.10 Å². The van der Waals surface area contributed by atoms with Crippen LogP contribution in [0, 0.1) is 18.8 Å². The standard InChI is InChI=1S/C15H20O2/c1-10-3-2-4-13(9-16)15(10)17-14-8-11-5-6-12(14)7-11/h2-4,11-12,14,16H,5-9H2,1H3. The Morgan fingerprint density at radius 1 is 1.29 bits per heavy atom. The average Bonchev–Trinajstić information content (AvgIpc) is 2.93. The molecule has 3 atom stereocenters. The van der Waals surface area contributed by atoms with E-state index in [-0.39, 0.29) is 6.61 Å². The van der Waals surface area contributed by atoms with E-state index < -0.39 is 0 Å².